The average Bonchev–Trinajstić information content (AvgIpc) is 2.40. The summed E-state index contributed by atoms with van der Waals surface area (Å²) in [5.41, 5.74) is 0.914. The van der Waals surface area contributed by atoms with Gasteiger partial charge in [0.05, 0.1) is 11.6 Å². The van der Waals surface area contributed by atoms with Crippen LogP contribution in [0.1, 0.15) is 38.2 Å². The molecule has 0 aliphatic heterocycles. The lowest BCUT2D eigenvalue weighted by atomic mass is 9.77. The minimum atomic E-state index is -0.126. The van der Waals surface area contributed by atoms with Crippen LogP contribution < -0.4 is 5.32 Å². The monoisotopic (exact) mass is 268 g/mol. The maximum absolute atomic E-state index is 9.67. The van der Waals surface area contributed by atoms with Gasteiger partial charge in [-0.1, -0.05) is 18.5 Å². The zero-order chi connectivity index (χ0) is 13.0. The Morgan fingerprint density at radius 1 is 1.50 bits per heavy atom. The van der Waals surface area contributed by atoms with Crippen LogP contribution in [0.2, 0.25) is 5.02 Å². The van der Waals surface area contributed by atoms with Crippen LogP contribution in [0, 0.1) is 5.92 Å². The molecule has 0 atom stereocenters. The van der Waals surface area contributed by atoms with Crippen LogP contribution in [0.4, 0.5) is 0 Å². The van der Waals surface area contributed by atoms with Crippen molar-refractivity contribution in [1.82, 2.24) is 10.3 Å². The van der Waals surface area contributed by atoms with Crippen molar-refractivity contribution < 1.29 is 5.11 Å². The van der Waals surface area contributed by atoms with Gasteiger partial charge in [0.1, 0.15) is 0 Å². The Morgan fingerprint density at radius 2 is 2.22 bits per heavy atom. The first kappa shape index (κ1) is 13.8. The van der Waals surface area contributed by atoms with Crippen molar-refractivity contribution in [2.45, 2.75) is 44.7 Å². The summed E-state index contributed by atoms with van der Waals surface area (Å²) in [7, 11) is 0. The topological polar surface area (TPSA) is 45.1 Å². The lowest BCUT2D eigenvalue weighted by molar-refractivity contribution is 0.104. The molecule has 100 valence electrons. The summed E-state index contributed by atoms with van der Waals surface area (Å²) in [4.78, 5) is 3.98. The highest BCUT2D eigenvalue weighted by Crippen LogP contribution is 2.32. The number of nitrogens with zero attached hydrogens (tertiary/aromatic N) is 1. The maximum Gasteiger partial charge on any atom is 0.0634 e. The molecule has 2 rings (SSSR count). The SMILES string of the molecule is CC1CCC(CO)(NCc2ccncc2Cl)CC1. The molecule has 0 radical (unpaired) electrons. The molecule has 0 saturated heterocycles. The number of aliphatic hydroxyl groups is 1. The van der Waals surface area contributed by atoms with E-state index < -0.39 is 0 Å². The molecule has 3 nitrogen and oxygen atoms in total. The highest BCUT2D eigenvalue weighted by Gasteiger charge is 2.33. The number of hydrogen-bond donors (Lipinski definition) is 2. The Morgan fingerprint density at radius 3 is 2.83 bits per heavy atom. The second-order valence-electron chi connectivity index (χ2n) is 5.44. The molecule has 1 aromatic rings. The molecule has 0 unspecified atom stereocenters. The van der Waals surface area contributed by atoms with Crippen molar-refractivity contribution in [1.29, 1.82) is 0 Å². The molecule has 0 spiro atoms. The molecule has 2 N–H and O–H groups in total. The van der Waals surface area contributed by atoms with Gasteiger partial charge in [0, 0.05) is 24.5 Å². The first-order chi connectivity index (χ1) is 8.65. The summed E-state index contributed by atoms with van der Waals surface area (Å²) < 4.78 is 0. The zero-order valence-corrected chi connectivity index (χ0v) is 11.6. The Balaban J connectivity index is 1.97. The molecule has 1 aliphatic carbocycles. The van der Waals surface area contributed by atoms with Crippen LogP contribution in [-0.2, 0) is 6.54 Å². The summed E-state index contributed by atoms with van der Waals surface area (Å²) in [6.45, 7) is 3.17. The molecular formula is C14H21ClN2O. The van der Waals surface area contributed by atoms with Gasteiger partial charge in [-0.3, -0.25) is 4.98 Å². The van der Waals surface area contributed by atoms with Gasteiger partial charge in [-0.25, -0.2) is 0 Å². The first-order valence-corrected chi connectivity index (χ1v) is 6.97. The van der Waals surface area contributed by atoms with E-state index in [1.54, 1.807) is 12.4 Å². The number of pyridine rings is 1. The third-order valence-electron chi connectivity index (χ3n) is 4.04. The van der Waals surface area contributed by atoms with Crippen molar-refractivity contribution in [2.75, 3.05) is 6.61 Å². The predicted octanol–water partition coefficient (Wildman–Crippen LogP) is 2.77. The van der Waals surface area contributed by atoms with E-state index in [1.807, 2.05) is 6.07 Å². The summed E-state index contributed by atoms with van der Waals surface area (Å²) in [5.74, 6) is 0.774. The van der Waals surface area contributed by atoms with Crippen LogP contribution in [0.3, 0.4) is 0 Å². The maximum atomic E-state index is 9.67. The highest BCUT2D eigenvalue weighted by atomic mass is 35.5. The Hall–Kier alpha value is -0.640. The molecule has 1 heterocycles. The average molecular weight is 269 g/mol. The smallest absolute Gasteiger partial charge is 0.0634 e. The fourth-order valence-corrected chi connectivity index (χ4v) is 2.72. The third kappa shape index (κ3) is 3.22. The van der Waals surface area contributed by atoms with Gasteiger partial charge in [0.2, 0.25) is 0 Å². The normalized spacial score (nSPS) is 28.3. The van der Waals surface area contributed by atoms with Crippen molar-refractivity contribution in [3.63, 3.8) is 0 Å². The fourth-order valence-electron chi connectivity index (χ4n) is 2.54. The van der Waals surface area contributed by atoms with Crippen LogP contribution in [0.25, 0.3) is 0 Å². The largest absolute Gasteiger partial charge is 0.394 e. The zero-order valence-electron chi connectivity index (χ0n) is 10.8. The first-order valence-electron chi connectivity index (χ1n) is 6.59. The molecule has 0 bridgehead atoms. The number of aromatic nitrogens is 1. The minimum absolute atomic E-state index is 0.126. The van der Waals surface area contributed by atoms with Crippen LogP contribution >= 0.6 is 11.6 Å². The lowest BCUT2D eigenvalue weighted by Crippen LogP contribution is -2.50. The van der Waals surface area contributed by atoms with Crippen LogP contribution in [0.15, 0.2) is 18.5 Å². The van der Waals surface area contributed by atoms with E-state index in [1.165, 1.54) is 12.8 Å². The van der Waals surface area contributed by atoms with Crippen LogP contribution in [0.5, 0.6) is 0 Å². The highest BCUT2D eigenvalue weighted by molar-refractivity contribution is 6.31. The van der Waals surface area contributed by atoms with Gasteiger partial charge in [0.25, 0.3) is 0 Å². The number of rotatable bonds is 4. The van der Waals surface area contributed by atoms with Gasteiger partial charge in [-0.15, -0.1) is 0 Å². The fraction of sp³-hybridized carbons (Fsp3) is 0.643. The van der Waals surface area contributed by atoms with Crippen molar-refractivity contribution >= 4 is 11.6 Å². The van der Waals surface area contributed by atoms with Gasteiger partial charge < -0.3 is 10.4 Å². The second-order valence-corrected chi connectivity index (χ2v) is 5.85. The molecule has 0 aromatic carbocycles. The van der Waals surface area contributed by atoms with E-state index in [9.17, 15) is 5.11 Å². The van der Waals surface area contributed by atoms with E-state index in [0.29, 0.717) is 11.6 Å². The van der Waals surface area contributed by atoms with Crippen LogP contribution in [-0.4, -0.2) is 22.2 Å². The number of aliphatic hydroxyl groups excluding tert-OH is 1. The Kier molecular flexibility index (Phi) is 4.60. The molecule has 0 amide bonds. The molecule has 1 aliphatic rings. The van der Waals surface area contributed by atoms with Gasteiger partial charge >= 0.3 is 0 Å². The summed E-state index contributed by atoms with van der Waals surface area (Å²) in [6.07, 6.45) is 7.83. The van der Waals surface area contributed by atoms with E-state index in [2.05, 4.69) is 17.2 Å². The molecule has 4 heteroatoms. The number of nitrogens with one attached hydrogen (secondary N) is 1. The van der Waals surface area contributed by atoms with E-state index in [4.69, 9.17) is 11.6 Å². The quantitative estimate of drug-likeness (QED) is 0.883. The molecule has 1 fully saturated rings. The van der Waals surface area contributed by atoms with Crippen molar-refractivity contribution in [3.8, 4) is 0 Å². The second kappa shape index (κ2) is 6.00. The van der Waals surface area contributed by atoms with E-state index >= 15 is 0 Å². The summed E-state index contributed by atoms with van der Waals surface area (Å²) in [5, 5.41) is 13.9. The summed E-state index contributed by atoms with van der Waals surface area (Å²) >= 11 is 6.09. The van der Waals surface area contributed by atoms with E-state index in [-0.39, 0.29) is 12.1 Å². The standard InChI is InChI=1S/C14H21ClN2O/c1-11-2-5-14(10-18,6-3-11)17-8-12-4-7-16-9-13(12)15/h4,7,9,11,17-18H,2-3,5-6,8,10H2,1H3. The van der Waals surface area contributed by atoms with Crippen molar-refractivity contribution in [2.24, 2.45) is 5.92 Å². The molecular weight excluding hydrogens is 248 g/mol. The van der Waals surface area contributed by atoms with E-state index in [0.717, 1.165) is 24.3 Å². The van der Waals surface area contributed by atoms with Gasteiger partial charge in [-0.05, 0) is 43.2 Å². The lowest BCUT2D eigenvalue weighted by Gasteiger charge is -2.39. The molecule has 1 saturated carbocycles. The molecule has 18 heavy (non-hydrogen) atoms. The van der Waals surface area contributed by atoms with Gasteiger partial charge in [-0.2, -0.15) is 0 Å². The minimum Gasteiger partial charge on any atom is -0.394 e. The Labute approximate surface area is 114 Å². The summed E-state index contributed by atoms with van der Waals surface area (Å²) in [6, 6.07) is 1.92. The number of hydrogen-bond acceptors (Lipinski definition) is 3. The molecule has 1 aromatic heterocycles. The predicted molar refractivity (Wildman–Crippen MR) is 73.5 cm³/mol. The number of halogens is 1. The van der Waals surface area contributed by atoms with Crippen molar-refractivity contribution in [3.05, 3.63) is 29.0 Å². The Bertz CT molecular complexity index is 389. The third-order valence-corrected chi connectivity index (χ3v) is 4.38. The van der Waals surface area contributed by atoms with Gasteiger partial charge in [0.15, 0.2) is 0 Å².